The summed E-state index contributed by atoms with van der Waals surface area (Å²) in [5.74, 6) is 0.966. The molecule has 0 aromatic carbocycles. The number of carbonyl (C=O) groups is 2. The van der Waals surface area contributed by atoms with Gasteiger partial charge in [-0.1, -0.05) is 23.8 Å². The van der Waals surface area contributed by atoms with Crippen LogP contribution in [0, 0.1) is 0 Å². The second kappa shape index (κ2) is 8.37. The van der Waals surface area contributed by atoms with Gasteiger partial charge in [-0.3, -0.25) is 9.59 Å². The van der Waals surface area contributed by atoms with Gasteiger partial charge >= 0.3 is 0 Å². The monoisotopic (exact) mass is 334 g/mol. The number of aromatic amines is 2. The predicted octanol–water partition coefficient (Wildman–Crippen LogP) is 0.908. The molecule has 0 atom stereocenters. The molecule has 0 bridgehead atoms. The first-order chi connectivity index (χ1) is 11.6. The maximum atomic E-state index is 12.1. The van der Waals surface area contributed by atoms with Crippen LogP contribution in [0.2, 0.25) is 0 Å². The zero-order valence-electron chi connectivity index (χ0n) is 13.9. The molecule has 0 aliphatic rings. The largest absolute Gasteiger partial charge is 0.300 e. The first-order valence-electron chi connectivity index (χ1n) is 8.07. The highest BCUT2D eigenvalue weighted by molar-refractivity contribution is 5.86. The zero-order chi connectivity index (χ0) is 17.4. The lowest BCUT2D eigenvalue weighted by Gasteiger charge is -2.21. The zero-order valence-corrected chi connectivity index (χ0v) is 13.9. The van der Waals surface area contributed by atoms with Gasteiger partial charge in [0.25, 0.3) is 0 Å². The first-order valence-corrected chi connectivity index (χ1v) is 8.07. The summed E-state index contributed by atoms with van der Waals surface area (Å²) in [5, 5.41) is 27.9. The van der Waals surface area contributed by atoms with Crippen LogP contribution < -0.4 is 0 Å². The number of rotatable bonds is 11. The summed E-state index contributed by atoms with van der Waals surface area (Å²) >= 11 is 0. The highest BCUT2D eigenvalue weighted by atomic mass is 16.1. The second-order valence-corrected chi connectivity index (χ2v) is 5.98. The van der Waals surface area contributed by atoms with E-state index in [0.29, 0.717) is 30.9 Å². The number of nitrogens with one attached hydrogen (secondary N) is 2. The lowest BCUT2D eigenvalue weighted by molar-refractivity contribution is -0.124. The number of tetrazole rings is 2. The summed E-state index contributed by atoms with van der Waals surface area (Å²) in [4.78, 5) is 23.8. The minimum Gasteiger partial charge on any atom is -0.300 e. The number of aromatic nitrogens is 8. The molecule has 2 heterocycles. The SMILES string of the molecule is CCCCC(=O)CCC(=O)CCC(C)(c1nn[nH]n1)c1nn[nH]n1. The number of hydrogen-bond donors (Lipinski definition) is 2. The van der Waals surface area contributed by atoms with Crippen LogP contribution in [0.4, 0.5) is 0 Å². The fourth-order valence-corrected chi connectivity index (χ4v) is 2.41. The normalized spacial score (nSPS) is 11.6. The van der Waals surface area contributed by atoms with E-state index >= 15 is 0 Å². The van der Waals surface area contributed by atoms with Gasteiger partial charge in [0.15, 0.2) is 11.6 Å². The fourth-order valence-electron chi connectivity index (χ4n) is 2.41. The number of hydrogen-bond acceptors (Lipinski definition) is 8. The number of unbranched alkanes of at least 4 members (excludes halogenated alkanes) is 1. The lowest BCUT2D eigenvalue weighted by Crippen LogP contribution is -2.28. The summed E-state index contributed by atoms with van der Waals surface area (Å²) in [6, 6.07) is 0. The highest BCUT2D eigenvalue weighted by Gasteiger charge is 2.37. The highest BCUT2D eigenvalue weighted by Crippen LogP contribution is 2.31. The van der Waals surface area contributed by atoms with Gasteiger partial charge < -0.3 is 0 Å². The van der Waals surface area contributed by atoms with E-state index in [1.54, 1.807) is 0 Å². The van der Waals surface area contributed by atoms with Crippen LogP contribution in [0.25, 0.3) is 0 Å². The van der Waals surface area contributed by atoms with E-state index in [1.807, 2.05) is 13.8 Å². The van der Waals surface area contributed by atoms with E-state index in [4.69, 9.17) is 0 Å². The number of H-pyrrole nitrogens is 2. The van der Waals surface area contributed by atoms with Crippen molar-refractivity contribution in [2.24, 2.45) is 0 Å². The van der Waals surface area contributed by atoms with E-state index < -0.39 is 5.41 Å². The lowest BCUT2D eigenvalue weighted by atomic mass is 9.82. The molecule has 0 saturated carbocycles. The predicted molar refractivity (Wildman–Crippen MR) is 82.8 cm³/mol. The Hall–Kier alpha value is -2.52. The molecule has 130 valence electrons. The van der Waals surface area contributed by atoms with Crippen LogP contribution >= 0.6 is 0 Å². The van der Waals surface area contributed by atoms with E-state index in [0.717, 1.165) is 12.8 Å². The van der Waals surface area contributed by atoms with Gasteiger partial charge in [-0.25, -0.2) is 0 Å². The molecule has 2 aromatic rings. The van der Waals surface area contributed by atoms with E-state index in [-0.39, 0.29) is 24.4 Å². The van der Waals surface area contributed by atoms with Crippen molar-refractivity contribution in [1.82, 2.24) is 41.2 Å². The van der Waals surface area contributed by atoms with Crippen molar-refractivity contribution in [1.29, 1.82) is 0 Å². The van der Waals surface area contributed by atoms with Gasteiger partial charge in [0.05, 0.1) is 5.41 Å². The van der Waals surface area contributed by atoms with Crippen molar-refractivity contribution in [2.45, 2.75) is 64.2 Å². The maximum Gasteiger partial charge on any atom is 0.188 e. The van der Waals surface area contributed by atoms with Crippen LogP contribution in [0.15, 0.2) is 0 Å². The Balaban J connectivity index is 1.92. The summed E-state index contributed by atoms with van der Waals surface area (Å²) in [6.07, 6.45) is 3.66. The number of Topliss-reactive ketones (excluding diaryl/α,β-unsaturated/α-hetero) is 2. The maximum absolute atomic E-state index is 12.1. The van der Waals surface area contributed by atoms with Gasteiger partial charge in [0, 0.05) is 25.7 Å². The fraction of sp³-hybridized carbons (Fsp3) is 0.714. The summed E-state index contributed by atoms with van der Waals surface area (Å²) < 4.78 is 0. The van der Waals surface area contributed by atoms with Gasteiger partial charge in [0.1, 0.15) is 11.6 Å². The molecule has 0 unspecified atom stereocenters. The van der Waals surface area contributed by atoms with Crippen LogP contribution in [0.3, 0.4) is 0 Å². The molecule has 0 aliphatic carbocycles. The molecule has 10 heteroatoms. The number of ketones is 2. The molecule has 0 spiro atoms. The Bertz CT molecular complexity index is 604. The molecule has 2 N–H and O–H groups in total. The van der Waals surface area contributed by atoms with Gasteiger partial charge in [-0.15, -0.1) is 20.4 Å². The Labute approximate surface area is 139 Å². The molecule has 0 radical (unpaired) electrons. The summed E-state index contributed by atoms with van der Waals surface area (Å²) in [5.41, 5.74) is -0.776. The van der Waals surface area contributed by atoms with Crippen molar-refractivity contribution in [3.8, 4) is 0 Å². The van der Waals surface area contributed by atoms with E-state index in [1.165, 1.54) is 0 Å². The third kappa shape index (κ3) is 4.49. The number of carbonyl (C=O) groups excluding carboxylic acids is 2. The third-order valence-corrected chi connectivity index (χ3v) is 4.07. The molecule has 2 rings (SSSR count). The average Bonchev–Trinajstić information content (AvgIpc) is 3.29. The number of nitrogens with zero attached hydrogens (tertiary/aromatic N) is 6. The topological polar surface area (TPSA) is 143 Å². The van der Waals surface area contributed by atoms with Crippen LogP contribution in [0.5, 0.6) is 0 Å². The van der Waals surface area contributed by atoms with Crippen molar-refractivity contribution < 1.29 is 9.59 Å². The molecule has 24 heavy (non-hydrogen) atoms. The Morgan fingerprint density at radius 2 is 1.46 bits per heavy atom. The molecule has 10 nitrogen and oxygen atoms in total. The summed E-state index contributed by atoms with van der Waals surface area (Å²) in [7, 11) is 0. The van der Waals surface area contributed by atoms with Crippen LogP contribution in [-0.4, -0.2) is 52.8 Å². The minimum absolute atomic E-state index is 0.0260. The van der Waals surface area contributed by atoms with Crippen molar-refractivity contribution in [3.63, 3.8) is 0 Å². The Morgan fingerprint density at radius 1 is 0.917 bits per heavy atom. The van der Waals surface area contributed by atoms with E-state index in [9.17, 15) is 9.59 Å². The second-order valence-electron chi connectivity index (χ2n) is 5.98. The van der Waals surface area contributed by atoms with Crippen LogP contribution in [-0.2, 0) is 15.0 Å². The molecule has 0 aliphatic heterocycles. The first kappa shape index (κ1) is 17.8. The third-order valence-electron chi connectivity index (χ3n) is 4.07. The smallest absolute Gasteiger partial charge is 0.188 e. The molecular weight excluding hydrogens is 312 g/mol. The standard InChI is InChI=1S/C14H22N8O2/c1-3-4-5-10(23)6-7-11(24)8-9-14(2,12-15-19-20-16-12)13-17-21-22-18-13/h3-9H2,1-2H3,(H,15,16,19,20)(H,17,18,21,22). The molecule has 0 fully saturated rings. The molecule has 0 amide bonds. The molecule has 0 saturated heterocycles. The molecule has 2 aromatic heterocycles. The Kier molecular flexibility index (Phi) is 6.21. The quantitative estimate of drug-likeness (QED) is 0.617. The van der Waals surface area contributed by atoms with E-state index in [2.05, 4.69) is 41.2 Å². The minimum atomic E-state index is -0.776. The summed E-state index contributed by atoms with van der Waals surface area (Å²) in [6.45, 7) is 3.87. The van der Waals surface area contributed by atoms with Crippen molar-refractivity contribution in [3.05, 3.63) is 11.6 Å². The van der Waals surface area contributed by atoms with Crippen molar-refractivity contribution >= 4 is 11.6 Å². The van der Waals surface area contributed by atoms with Gasteiger partial charge in [-0.05, 0) is 19.8 Å². The van der Waals surface area contributed by atoms with Crippen LogP contribution in [0.1, 0.15) is 70.4 Å². The Morgan fingerprint density at radius 3 is 1.92 bits per heavy atom. The van der Waals surface area contributed by atoms with Gasteiger partial charge in [0.2, 0.25) is 0 Å². The van der Waals surface area contributed by atoms with Crippen molar-refractivity contribution in [2.75, 3.05) is 0 Å². The van der Waals surface area contributed by atoms with Gasteiger partial charge in [-0.2, -0.15) is 10.4 Å². The molecular formula is C14H22N8O2. The average molecular weight is 334 g/mol.